The summed E-state index contributed by atoms with van der Waals surface area (Å²) in [5.41, 5.74) is 1.30. The van der Waals surface area contributed by atoms with Gasteiger partial charge in [-0.3, -0.25) is 4.79 Å². The minimum absolute atomic E-state index is 0.0515. The summed E-state index contributed by atoms with van der Waals surface area (Å²) in [6.45, 7) is 1.84. The van der Waals surface area contributed by atoms with E-state index in [4.69, 9.17) is 9.15 Å². The van der Waals surface area contributed by atoms with Gasteiger partial charge in [0.25, 0.3) is 10.0 Å². The van der Waals surface area contributed by atoms with Crippen LogP contribution in [0.2, 0.25) is 0 Å². The van der Waals surface area contributed by atoms with Crippen LogP contribution >= 0.6 is 0 Å². The topological polar surface area (TPSA) is 88.8 Å². The van der Waals surface area contributed by atoms with Crippen molar-refractivity contribution < 1.29 is 26.8 Å². The van der Waals surface area contributed by atoms with Gasteiger partial charge in [-0.15, -0.1) is 0 Å². The molecule has 0 aliphatic carbocycles. The maximum atomic E-state index is 13.6. The molecule has 0 atom stereocenters. The number of carbonyl (C=O) groups excluding carboxylic acids is 1. The number of nitrogens with one attached hydrogen (secondary N) is 1. The van der Waals surface area contributed by atoms with Crippen molar-refractivity contribution in [3.05, 3.63) is 54.0 Å². The highest BCUT2D eigenvalue weighted by atomic mass is 32.2. The summed E-state index contributed by atoms with van der Waals surface area (Å²) in [6, 6.07) is 9.85. The van der Waals surface area contributed by atoms with Crippen LogP contribution in [0.1, 0.15) is 17.5 Å². The van der Waals surface area contributed by atoms with Crippen LogP contribution < -0.4 is 14.4 Å². The number of hydrogen-bond acceptors (Lipinski definition) is 6. The second-order valence-electron chi connectivity index (χ2n) is 6.19. The molecule has 148 valence electrons. The fourth-order valence-corrected chi connectivity index (χ4v) is 3.72. The minimum atomic E-state index is -4.37. The first-order valence-electron chi connectivity index (χ1n) is 8.41. The van der Waals surface area contributed by atoms with Crippen LogP contribution in [0.15, 0.2) is 51.8 Å². The summed E-state index contributed by atoms with van der Waals surface area (Å²) in [5, 5.41) is 0.647. The molecule has 0 radical (unpaired) electrons. The molecule has 0 saturated carbocycles. The third kappa shape index (κ3) is 3.94. The molecule has 1 N–H and O–H groups in total. The molecule has 1 heterocycles. The Morgan fingerprint density at radius 1 is 1.18 bits per heavy atom. The Balaban J connectivity index is 1.92. The molecule has 0 unspecified atom stereocenters. The van der Waals surface area contributed by atoms with Gasteiger partial charge in [0.05, 0.1) is 6.61 Å². The van der Waals surface area contributed by atoms with Crippen molar-refractivity contribution in [1.82, 2.24) is 4.72 Å². The van der Waals surface area contributed by atoms with Gasteiger partial charge in [0, 0.05) is 31.2 Å². The van der Waals surface area contributed by atoms with Crippen LogP contribution in [0.3, 0.4) is 0 Å². The van der Waals surface area contributed by atoms with Crippen molar-refractivity contribution in [2.75, 3.05) is 25.6 Å². The number of furan rings is 1. The summed E-state index contributed by atoms with van der Waals surface area (Å²) in [4.78, 5) is 13.8. The zero-order valence-corrected chi connectivity index (χ0v) is 16.3. The summed E-state index contributed by atoms with van der Waals surface area (Å²) >= 11 is 0. The predicted octanol–water partition coefficient (Wildman–Crippen LogP) is 3.16. The molecule has 3 aromatic rings. The van der Waals surface area contributed by atoms with Crippen molar-refractivity contribution in [2.24, 2.45) is 0 Å². The quantitative estimate of drug-likeness (QED) is 0.677. The van der Waals surface area contributed by atoms with Crippen LogP contribution in [-0.2, 0) is 10.0 Å². The van der Waals surface area contributed by atoms with E-state index in [1.165, 1.54) is 12.1 Å². The third-order valence-electron chi connectivity index (χ3n) is 3.97. The number of hydrogen-bond donors (Lipinski definition) is 1. The Morgan fingerprint density at radius 2 is 1.93 bits per heavy atom. The molecule has 2 aromatic carbocycles. The van der Waals surface area contributed by atoms with Crippen molar-refractivity contribution >= 4 is 32.6 Å². The van der Waals surface area contributed by atoms with Gasteiger partial charge in [-0.25, -0.2) is 17.5 Å². The minimum Gasteiger partial charge on any atom is -0.492 e. The Kier molecular flexibility index (Phi) is 5.28. The number of halogens is 1. The SMILES string of the molecule is CCOc1ccc(F)cc1S(=O)(=O)NC(=O)c1cc2ccc(N(C)C)cc2o1. The van der Waals surface area contributed by atoms with E-state index in [0.717, 1.165) is 17.8 Å². The monoisotopic (exact) mass is 406 g/mol. The number of fused-ring (bicyclic) bond motifs is 1. The smallest absolute Gasteiger partial charge is 0.300 e. The third-order valence-corrected chi connectivity index (χ3v) is 5.32. The Bertz CT molecular complexity index is 1140. The van der Waals surface area contributed by atoms with Crippen molar-refractivity contribution in [1.29, 1.82) is 0 Å². The summed E-state index contributed by atoms with van der Waals surface area (Å²) < 4.78 is 51.4. The molecule has 3 rings (SSSR count). The largest absolute Gasteiger partial charge is 0.492 e. The Morgan fingerprint density at radius 3 is 2.61 bits per heavy atom. The Labute approximate surface area is 161 Å². The zero-order valence-electron chi connectivity index (χ0n) is 15.5. The van der Waals surface area contributed by atoms with E-state index in [1.54, 1.807) is 19.1 Å². The number of nitrogens with zero attached hydrogens (tertiary/aromatic N) is 1. The van der Waals surface area contributed by atoms with Crippen molar-refractivity contribution in [3.8, 4) is 5.75 Å². The van der Waals surface area contributed by atoms with E-state index in [1.807, 2.05) is 29.8 Å². The molecule has 0 aliphatic heterocycles. The fraction of sp³-hybridized carbons (Fsp3) is 0.211. The first-order chi connectivity index (χ1) is 13.2. The second-order valence-corrected chi connectivity index (χ2v) is 7.84. The fourth-order valence-electron chi connectivity index (χ4n) is 2.60. The van der Waals surface area contributed by atoms with Crippen LogP contribution in [0.4, 0.5) is 10.1 Å². The van der Waals surface area contributed by atoms with E-state index in [0.29, 0.717) is 11.0 Å². The molecule has 9 heteroatoms. The van der Waals surface area contributed by atoms with Crippen LogP contribution in [0.25, 0.3) is 11.0 Å². The van der Waals surface area contributed by atoms with E-state index >= 15 is 0 Å². The summed E-state index contributed by atoms with van der Waals surface area (Å²) in [5.74, 6) is -1.96. The molecule has 0 fully saturated rings. The second kappa shape index (κ2) is 7.51. The number of carbonyl (C=O) groups is 1. The standard InChI is InChI=1S/C19H19FN2O5S/c1-4-26-15-8-6-13(20)10-18(15)28(24,25)21-19(23)17-9-12-5-7-14(22(2)3)11-16(12)27-17/h5-11H,4H2,1-3H3,(H,21,23). The molecule has 28 heavy (non-hydrogen) atoms. The lowest BCUT2D eigenvalue weighted by Crippen LogP contribution is -2.30. The molecule has 0 aliphatic rings. The van der Waals surface area contributed by atoms with Crippen molar-refractivity contribution in [3.63, 3.8) is 0 Å². The highest BCUT2D eigenvalue weighted by Crippen LogP contribution is 2.27. The molecule has 7 nitrogen and oxygen atoms in total. The number of anilines is 1. The van der Waals surface area contributed by atoms with Gasteiger partial charge in [-0.2, -0.15) is 0 Å². The van der Waals surface area contributed by atoms with E-state index in [9.17, 15) is 17.6 Å². The first kappa shape index (κ1) is 19.7. The molecular weight excluding hydrogens is 387 g/mol. The maximum Gasteiger partial charge on any atom is 0.300 e. The number of amides is 1. The van der Waals surface area contributed by atoms with Gasteiger partial charge in [-0.1, -0.05) is 0 Å². The van der Waals surface area contributed by atoms with Gasteiger partial charge in [-0.05, 0) is 43.3 Å². The molecule has 1 amide bonds. The normalized spacial score (nSPS) is 11.4. The molecule has 0 saturated heterocycles. The lowest BCUT2D eigenvalue weighted by Gasteiger charge is -2.11. The summed E-state index contributed by atoms with van der Waals surface area (Å²) in [6.07, 6.45) is 0. The van der Waals surface area contributed by atoms with E-state index in [-0.39, 0.29) is 18.1 Å². The van der Waals surface area contributed by atoms with E-state index < -0.39 is 26.6 Å². The lowest BCUT2D eigenvalue weighted by molar-refractivity contribution is 0.0956. The number of rotatable bonds is 6. The number of benzene rings is 2. The van der Waals surface area contributed by atoms with Crippen molar-refractivity contribution in [2.45, 2.75) is 11.8 Å². The molecule has 0 spiro atoms. The first-order valence-corrected chi connectivity index (χ1v) is 9.90. The zero-order chi connectivity index (χ0) is 20.5. The maximum absolute atomic E-state index is 13.6. The predicted molar refractivity (Wildman–Crippen MR) is 103 cm³/mol. The van der Waals surface area contributed by atoms with Gasteiger partial charge >= 0.3 is 5.91 Å². The highest BCUT2D eigenvalue weighted by molar-refractivity contribution is 7.90. The molecule has 1 aromatic heterocycles. The lowest BCUT2D eigenvalue weighted by atomic mass is 10.2. The average molecular weight is 406 g/mol. The molecule has 0 bridgehead atoms. The van der Waals surface area contributed by atoms with Crippen LogP contribution in [-0.4, -0.2) is 35.0 Å². The highest BCUT2D eigenvalue weighted by Gasteiger charge is 2.25. The van der Waals surface area contributed by atoms with Gasteiger partial charge in [0.1, 0.15) is 22.0 Å². The van der Waals surface area contributed by atoms with E-state index in [2.05, 4.69) is 0 Å². The average Bonchev–Trinajstić information content (AvgIpc) is 3.06. The van der Waals surface area contributed by atoms with Gasteiger partial charge in [0.2, 0.25) is 0 Å². The molecular formula is C19H19FN2O5S. The summed E-state index contributed by atoms with van der Waals surface area (Å²) in [7, 11) is -0.654. The van der Waals surface area contributed by atoms with Crippen LogP contribution in [0.5, 0.6) is 5.75 Å². The Hall–Kier alpha value is -3.07. The number of sulfonamides is 1. The van der Waals surface area contributed by atoms with Gasteiger partial charge in [0.15, 0.2) is 5.76 Å². The number of ether oxygens (including phenoxy) is 1. The van der Waals surface area contributed by atoms with Crippen LogP contribution in [0, 0.1) is 5.82 Å². The van der Waals surface area contributed by atoms with Gasteiger partial charge < -0.3 is 14.1 Å².